The SMILES string of the molecule is CCCc1ccc(OCC(=O)N2CCC(NS(=O)(=O)c3cccs3)CC2)cc1. The third-order valence-corrected chi connectivity index (χ3v) is 7.67. The Kier molecular flexibility index (Phi) is 7.09. The van der Waals surface area contributed by atoms with Crippen LogP contribution in [0, 0.1) is 0 Å². The Balaban J connectivity index is 1.43. The van der Waals surface area contributed by atoms with E-state index in [-0.39, 0.29) is 18.6 Å². The van der Waals surface area contributed by atoms with E-state index in [1.165, 1.54) is 16.9 Å². The second kappa shape index (κ2) is 9.54. The average molecular weight is 423 g/mol. The van der Waals surface area contributed by atoms with Crippen molar-refractivity contribution in [1.82, 2.24) is 9.62 Å². The number of sulfonamides is 1. The number of likely N-dealkylation sites (tertiary alicyclic amines) is 1. The first-order valence-corrected chi connectivity index (χ1v) is 11.9. The molecular weight excluding hydrogens is 396 g/mol. The van der Waals surface area contributed by atoms with Gasteiger partial charge in [-0.2, -0.15) is 0 Å². The summed E-state index contributed by atoms with van der Waals surface area (Å²) in [5.74, 6) is 0.615. The van der Waals surface area contributed by atoms with Crippen molar-refractivity contribution in [2.24, 2.45) is 0 Å². The van der Waals surface area contributed by atoms with Crippen LogP contribution >= 0.6 is 11.3 Å². The summed E-state index contributed by atoms with van der Waals surface area (Å²) in [5.41, 5.74) is 1.26. The quantitative estimate of drug-likeness (QED) is 0.709. The van der Waals surface area contributed by atoms with Crippen LogP contribution in [0.15, 0.2) is 46.0 Å². The molecule has 1 aliphatic rings. The van der Waals surface area contributed by atoms with Crippen LogP contribution < -0.4 is 9.46 Å². The van der Waals surface area contributed by atoms with E-state index in [0.29, 0.717) is 35.9 Å². The van der Waals surface area contributed by atoms with E-state index in [2.05, 4.69) is 11.6 Å². The molecule has 2 heterocycles. The van der Waals surface area contributed by atoms with Gasteiger partial charge in [0.05, 0.1) is 0 Å². The first-order valence-electron chi connectivity index (χ1n) is 9.53. The minimum Gasteiger partial charge on any atom is -0.484 e. The highest BCUT2D eigenvalue weighted by Gasteiger charge is 2.27. The van der Waals surface area contributed by atoms with Gasteiger partial charge in [-0.1, -0.05) is 31.5 Å². The predicted molar refractivity (Wildman–Crippen MR) is 110 cm³/mol. The smallest absolute Gasteiger partial charge is 0.260 e. The molecule has 1 amide bonds. The molecule has 6 nitrogen and oxygen atoms in total. The van der Waals surface area contributed by atoms with E-state index in [0.717, 1.165) is 12.8 Å². The number of carbonyl (C=O) groups excluding carboxylic acids is 1. The minimum atomic E-state index is -3.47. The summed E-state index contributed by atoms with van der Waals surface area (Å²) >= 11 is 1.20. The topological polar surface area (TPSA) is 75.7 Å². The molecule has 1 N–H and O–H groups in total. The van der Waals surface area contributed by atoms with Gasteiger partial charge in [0.25, 0.3) is 5.91 Å². The number of hydrogen-bond donors (Lipinski definition) is 1. The molecule has 8 heteroatoms. The highest BCUT2D eigenvalue weighted by atomic mass is 32.2. The third kappa shape index (κ3) is 5.56. The van der Waals surface area contributed by atoms with Crippen LogP contribution in [0.2, 0.25) is 0 Å². The largest absolute Gasteiger partial charge is 0.484 e. The predicted octanol–water partition coefficient (Wildman–Crippen LogP) is 3.05. The zero-order chi connectivity index (χ0) is 20.0. The van der Waals surface area contributed by atoms with Crippen LogP contribution in [0.3, 0.4) is 0 Å². The molecule has 0 radical (unpaired) electrons. The standard InChI is InChI=1S/C20H26N2O4S2/c1-2-4-16-6-8-18(9-7-16)26-15-19(23)22-12-10-17(11-13-22)21-28(24,25)20-5-3-14-27-20/h3,5-9,14,17,21H,2,4,10-13,15H2,1H3. The van der Waals surface area contributed by atoms with Crippen molar-refractivity contribution in [3.05, 3.63) is 47.3 Å². The maximum atomic E-state index is 12.4. The fraction of sp³-hybridized carbons (Fsp3) is 0.450. The molecular formula is C20H26N2O4S2. The lowest BCUT2D eigenvalue weighted by Gasteiger charge is -2.32. The molecule has 1 saturated heterocycles. The number of nitrogens with one attached hydrogen (secondary N) is 1. The molecule has 1 fully saturated rings. The van der Waals surface area contributed by atoms with Gasteiger partial charge in [-0.25, -0.2) is 13.1 Å². The lowest BCUT2D eigenvalue weighted by atomic mass is 10.1. The number of ether oxygens (including phenoxy) is 1. The molecule has 0 atom stereocenters. The van der Waals surface area contributed by atoms with Crippen LogP contribution in [0.4, 0.5) is 0 Å². The fourth-order valence-corrected chi connectivity index (χ4v) is 5.53. The maximum Gasteiger partial charge on any atom is 0.260 e. The van der Waals surface area contributed by atoms with Gasteiger partial charge in [0, 0.05) is 19.1 Å². The summed E-state index contributed by atoms with van der Waals surface area (Å²) in [6, 6.07) is 11.0. The number of rotatable bonds is 8. The molecule has 0 spiro atoms. The maximum absolute atomic E-state index is 12.4. The summed E-state index contributed by atoms with van der Waals surface area (Å²) in [4.78, 5) is 14.1. The molecule has 0 bridgehead atoms. The molecule has 152 valence electrons. The van der Waals surface area contributed by atoms with Gasteiger partial charge in [-0.3, -0.25) is 4.79 Å². The van der Waals surface area contributed by atoms with Gasteiger partial charge >= 0.3 is 0 Å². The van der Waals surface area contributed by atoms with E-state index < -0.39 is 10.0 Å². The van der Waals surface area contributed by atoms with Crippen LogP contribution in [0.1, 0.15) is 31.7 Å². The summed E-state index contributed by atoms with van der Waals surface area (Å²) in [6.45, 7) is 3.18. The first kappa shape index (κ1) is 20.8. The minimum absolute atomic E-state index is 0.00128. The summed E-state index contributed by atoms with van der Waals surface area (Å²) in [7, 11) is -3.47. The van der Waals surface area contributed by atoms with E-state index in [1.54, 1.807) is 22.4 Å². The lowest BCUT2D eigenvalue weighted by molar-refractivity contribution is -0.134. The number of nitrogens with zero attached hydrogens (tertiary/aromatic N) is 1. The van der Waals surface area contributed by atoms with E-state index in [4.69, 9.17) is 4.74 Å². The third-order valence-electron chi connectivity index (χ3n) is 4.75. The van der Waals surface area contributed by atoms with E-state index in [1.807, 2.05) is 24.3 Å². The Hall–Kier alpha value is -1.90. The van der Waals surface area contributed by atoms with Gasteiger partial charge in [0.1, 0.15) is 9.96 Å². The Morgan fingerprint density at radius 2 is 1.93 bits per heavy atom. The van der Waals surface area contributed by atoms with Crippen LogP contribution in [0.5, 0.6) is 5.75 Å². The van der Waals surface area contributed by atoms with Crippen molar-refractivity contribution in [3.8, 4) is 5.75 Å². The highest BCUT2D eigenvalue weighted by molar-refractivity contribution is 7.91. The molecule has 1 aromatic carbocycles. The second-order valence-electron chi connectivity index (χ2n) is 6.89. The zero-order valence-electron chi connectivity index (χ0n) is 16.0. The van der Waals surface area contributed by atoms with Crippen molar-refractivity contribution in [1.29, 1.82) is 0 Å². The number of piperidine rings is 1. The van der Waals surface area contributed by atoms with Crippen LogP contribution in [0.25, 0.3) is 0 Å². The van der Waals surface area contributed by atoms with Gasteiger partial charge in [-0.15, -0.1) is 11.3 Å². The Labute approximate surface area is 170 Å². The molecule has 1 aromatic heterocycles. The average Bonchev–Trinajstić information content (AvgIpc) is 3.24. The van der Waals surface area contributed by atoms with Gasteiger partial charge in [0.15, 0.2) is 6.61 Å². The normalized spacial score (nSPS) is 15.5. The summed E-state index contributed by atoms with van der Waals surface area (Å²) in [5, 5.41) is 1.74. The van der Waals surface area contributed by atoms with Crippen molar-refractivity contribution in [2.45, 2.75) is 42.9 Å². The molecule has 3 rings (SSSR count). The van der Waals surface area contributed by atoms with Crippen LogP contribution in [-0.2, 0) is 21.2 Å². The number of benzene rings is 1. The number of thiophene rings is 1. The highest BCUT2D eigenvalue weighted by Crippen LogP contribution is 2.19. The molecule has 0 saturated carbocycles. The Morgan fingerprint density at radius 3 is 2.54 bits per heavy atom. The van der Waals surface area contributed by atoms with Crippen molar-refractivity contribution < 1.29 is 17.9 Å². The first-order chi connectivity index (χ1) is 13.5. The molecule has 0 unspecified atom stereocenters. The second-order valence-corrected chi connectivity index (χ2v) is 9.78. The molecule has 28 heavy (non-hydrogen) atoms. The number of hydrogen-bond acceptors (Lipinski definition) is 5. The summed E-state index contributed by atoms with van der Waals surface area (Å²) in [6.07, 6.45) is 3.33. The molecule has 1 aliphatic heterocycles. The van der Waals surface area contributed by atoms with Crippen molar-refractivity contribution in [3.63, 3.8) is 0 Å². The lowest BCUT2D eigenvalue weighted by Crippen LogP contribution is -2.47. The van der Waals surface area contributed by atoms with E-state index >= 15 is 0 Å². The number of amides is 1. The van der Waals surface area contributed by atoms with E-state index in [9.17, 15) is 13.2 Å². The van der Waals surface area contributed by atoms with Crippen LogP contribution in [-0.4, -0.2) is 45.0 Å². The molecule has 2 aromatic rings. The fourth-order valence-electron chi connectivity index (χ4n) is 3.22. The van der Waals surface area contributed by atoms with Crippen molar-refractivity contribution in [2.75, 3.05) is 19.7 Å². The Morgan fingerprint density at radius 1 is 1.21 bits per heavy atom. The Bertz CT molecular complexity index is 856. The molecule has 0 aliphatic carbocycles. The summed E-state index contributed by atoms with van der Waals surface area (Å²) < 4.78 is 33.3. The monoisotopic (exact) mass is 422 g/mol. The van der Waals surface area contributed by atoms with Gasteiger partial charge in [-0.05, 0) is 48.4 Å². The van der Waals surface area contributed by atoms with Gasteiger partial charge < -0.3 is 9.64 Å². The van der Waals surface area contributed by atoms with Gasteiger partial charge in [0.2, 0.25) is 10.0 Å². The zero-order valence-corrected chi connectivity index (χ0v) is 17.6. The number of carbonyl (C=O) groups is 1. The van der Waals surface area contributed by atoms with Crippen molar-refractivity contribution >= 4 is 27.3 Å². The number of aryl methyl sites for hydroxylation is 1.